The van der Waals surface area contributed by atoms with Crippen LogP contribution in [0.5, 0.6) is 17.2 Å². The molecule has 0 fully saturated rings. The van der Waals surface area contributed by atoms with Gasteiger partial charge >= 0.3 is 0 Å². The van der Waals surface area contributed by atoms with Crippen LogP contribution in [0.25, 0.3) is 0 Å². The van der Waals surface area contributed by atoms with Crippen molar-refractivity contribution in [2.24, 2.45) is 0 Å². The van der Waals surface area contributed by atoms with Gasteiger partial charge in [0.2, 0.25) is 11.7 Å². The lowest BCUT2D eigenvalue weighted by Gasteiger charge is -2.17. The predicted molar refractivity (Wildman–Crippen MR) is 101 cm³/mol. The molecule has 146 valence electrons. The summed E-state index contributed by atoms with van der Waals surface area (Å²) in [5, 5.41) is 18.5. The number of methoxy groups -OCH3 is 2. The lowest BCUT2D eigenvalue weighted by molar-refractivity contribution is -0.120. The third kappa shape index (κ3) is 6.15. The number of benzene rings is 1. The smallest absolute Gasteiger partial charge is 0.252 e. The van der Waals surface area contributed by atoms with Gasteiger partial charge in [-0.3, -0.25) is 9.59 Å². The van der Waals surface area contributed by atoms with Crippen molar-refractivity contribution in [1.29, 1.82) is 0 Å². The summed E-state index contributed by atoms with van der Waals surface area (Å²) >= 11 is 1.40. The Bertz CT molecular complexity index is 728. The van der Waals surface area contributed by atoms with Crippen molar-refractivity contribution < 1.29 is 28.9 Å². The summed E-state index contributed by atoms with van der Waals surface area (Å²) in [6, 6.07) is 6.85. The third-order valence-electron chi connectivity index (χ3n) is 3.53. The molecule has 0 saturated heterocycles. The number of hydrogen-bond donors (Lipinski definition) is 3. The Morgan fingerprint density at radius 2 is 1.85 bits per heavy atom. The van der Waals surface area contributed by atoms with E-state index in [-0.39, 0.29) is 25.6 Å². The number of ether oxygens (including phenoxy) is 3. The molecule has 0 radical (unpaired) electrons. The first-order chi connectivity index (χ1) is 13.0. The highest BCUT2D eigenvalue weighted by Crippen LogP contribution is 2.36. The molecule has 1 aromatic heterocycles. The van der Waals surface area contributed by atoms with Crippen molar-refractivity contribution >= 4 is 23.2 Å². The van der Waals surface area contributed by atoms with E-state index in [2.05, 4.69) is 10.6 Å². The number of hydrogen-bond acceptors (Lipinski definition) is 7. The van der Waals surface area contributed by atoms with Crippen molar-refractivity contribution in [2.75, 3.05) is 33.9 Å². The van der Waals surface area contributed by atoms with Gasteiger partial charge in [0.05, 0.1) is 20.8 Å². The van der Waals surface area contributed by atoms with Crippen LogP contribution in [0.1, 0.15) is 10.4 Å². The van der Waals surface area contributed by atoms with Crippen LogP contribution in [0, 0.1) is 0 Å². The maximum atomic E-state index is 11.8. The largest absolute Gasteiger partial charge is 0.493 e. The average Bonchev–Trinajstić information content (AvgIpc) is 3.23. The zero-order valence-electron chi connectivity index (χ0n) is 15.1. The number of thiophene rings is 1. The van der Waals surface area contributed by atoms with Gasteiger partial charge in [0.15, 0.2) is 11.5 Å². The normalized spacial score (nSPS) is 11.4. The number of carbonyl (C=O) groups is 2. The van der Waals surface area contributed by atoms with Gasteiger partial charge in [-0.05, 0) is 23.6 Å². The average molecular weight is 394 g/mol. The molecule has 2 amide bonds. The fourth-order valence-electron chi connectivity index (χ4n) is 2.15. The Morgan fingerprint density at radius 1 is 1.15 bits per heavy atom. The lowest BCUT2D eigenvalue weighted by Crippen LogP contribution is -2.41. The zero-order valence-corrected chi connectivity index (χ0v) is 15.9. The molecular weight excluding hydrogens is 372 g/mol. The van der Waals surface area contributed by atoms with Gasteiger partial charge in [-0.15, -0.1) is 0 Å². The quantitative estimate of drug-likeness (QED) is 0.556. The second-order valence-corrected chi connectivity index (χ2v) is 6.24. The SMILES string of the molecule is COc1cccc(OC)c1OCC(O)CNC(=O)CNC(=O)c1ccsc1. The highest BCUT2D eigenvalue weighted by Gasteiger charge is 2.15. The standard InChI is InChI=1S/C18H22N2O6S/c1-24-14-4-3-5-15(25-2)17(14)26-10-13(21)8-19-16(22)9-20-18(23)12-6-7-27-11-12/h3-7,11,13,21H,8-10H2,1-2H3,(H,19,22)(H,20,23). The fraction of sp³-hybridized carbons (Fsp3) is 0.333. The van der Waals surface area contributed by atoms with Gasteiger partial charge in [-0.1, -0.05) is 6.07 Å². The molecule has 27 heavy (non-hydrogen) atoms. The van der Waals surface area contributed by atoms with E-state index in [4.69, 9.17) is 14.2 Å². The molecule has 1 unspecified atom stereocenters. The molecule has 0 spiro atoms. The molecule has 3 N–H and O–H groups in total. The molecule has 9 heteroatoms. The van der Waals surface area contributed by atoms with Crippen molar-refractivity contribution in [3.05, 3.63) is 40.6 Å². The minimum Gasteiger partial charge on any atom is -0.493 e. The Hall–Kier alpha value is -2.78. The van der Waals surface area contributed by atoms with E-state index < -0.39 is 12.0 Å². The second kappa shape index (κ2) is 10.4. The predicted octanol–water partition coefficient (Wildman–Crippen LogP) is 1.05. The minimum atomic E-state index is -0.948. The van der Waals surface area contributed by atoms with Crippen LogP contribution < -0.4 is 24.8 Å². The molecule has 1 atom stereocenters. The zero-order chi connectivity index (χ0) is 19.6. The molecule has 0 aliphatic rings. The summed E-state index contributed by atoms with van der Waals surface area (Å²) in [7, 11) is 3.01. The van der Waals surface area contributed by atoms with Gasteiger partial charge in [0.1, 0.15) is 12.7 Å². The molecule has 1 aromatic carbocycles. The first kappa shape index (κ1) is 20.5. The van der Waals surface area contributed by atoms with Crippen LogP contribution in [0.4, 0.5) is 0 Å². The summed E-state index contributed by atoms with van der Waals surface area (Å²) in [4.78, 5) is 23.5. The fourth-order valence-corrected chi connectivity index (χ4v) is 2.78. The number of rotatable bonds is 10. The van der Waals surface area contributed by atoms with Crippen molar-refractivity contribution in [3.63, 3.8) is 0 Å². The van der Waals surface area contributed by atoms with E-state index in [1.54, 1.807) is 35.0 Å². The molecule has 0 saturated carbocycles. The topological polar surface area (TPSA) is 106 Å². The second-order valence-electron chi connectivity index (χ2n) is 5.46. The number of amides is 2. The van der Waals surface area contributed by atoms with Crippen LogP contribution in [-0.2, 0) is 4.79 Å². The number of nitrogens with one attached hydrogen (secondary N) is 2. The maximum Gasteiger partial charge on any atom is 0.252 e. The highest BCUT2D eigenvalue weighted by molar-refractivity contribution is 7.08. The molecule has 2 aromatic rings. The van der Waals surface area contributed by atoms with Crippen molar-refractivity contribution in [2.45, 2.75) is 6.10 Å². The van der Waals surface area contributed by atoms with E-state index in [1.807, 2.05) is 0 Å². The molecule has 1 heterocycles. The monoisotopic (exact) mass is 394 g/mol. The molecular formula is C18H22N2O6S. The maximum absolute atomic E-state index is 11.8. The van der Waals surface area contributed by atoms with Gasteiger partial charge < -0.3 is 30.0 Å². The summed E-state index contributed by atoms with van der Waals surface area (Å²) in [6.07, 6.45) is -0.948. The Kier molecular flexibility index (Phi) is 7.90. The number of aliphatic hydroxyl groups excluding tert-OH is 1. The first-order valence-electron chi connectivity index (χ1n) is 8.14. The van der Waals surface area contributed by atoms with Crippen molar-refractivity contribution in [3.8, 4) is 17.2 Å². The van der Waals surface area contributed by atoms with Crippen LogP contribution in [0.3, 0.4) is 0 Å². The molecule has 0 bridgehead atoms. The van der Waals surface area contributed by atoms with Crippen LogP contribution >= 0.6 is 11.3 Å². The Morgan fingerprint density at radius 3 is 2.44 bits per heavy atom. The van der Waals surface area contributed by atoms with Gasteiger partial charge in [0, 0.05) is 17.5 Å². The van der Waals surface area contributed by atoms with E-state index in [0.717, 1.165) is 0 Å². The summed E-state index contributed by atoms with van der Waals surface area (Å²) in [5.74, 6) is 0.588. The molecule has 2 rings (SSSR count). The van der Waals surface area contributed by atoms with Gasteiger partial charge in [-0.2, -0.15) is 11.3 Å². The molecule has 8 nitrogen and oxygen atoms in total. The summed E-state index contributed by atoms with van der Waals surface area (Å²) in [6.45, 7) is -0.272. The third-order valence-corrected chi connectivity index (χ3v) is 4.21. The summed E-state index contributed by atoms with van der Waals surface area (Å²) in [5.41, 5.74) is 0.506. The van der Waals surface area contributed by atoms with E-state index in [1.165, 1.54) is 25.6 Å². The van der Waals surface area contributed by atoms with E-state index in [9.17, 15) is 14.7 Å². The van der Waals surface area contributed by atoms with Crippen LogP contribution in [0.2, 0.25) is 0 Å². The lowest BCUT2D eigenvalue weighted by atomic mass is 10.3. The van der Waals surface area contributed by atoms with Crippen LogP contribution in [-0.4, -0.2) is 56.9 Å². The van der Waals surface area contributed by atoms with Crippen LogP contribution in [0.15, 0.2) is 35.0 Å². The Labute approximate surface area is 161 Å². The number of aliphatic hydroxyl groups is 1. The summed E-state index contributed by atoms with van der Waals surface area (Å²) < 4.78 is 16.0. The first-order valence-corrected chi connectivity index (χ1v) is 9.08. The van der Waals surface area contributed by atoms with E-state index in [0.29, 0.717) is 22.8 Å². The Balaban J connectivity index is 1.74. The minimum absolute atomic E-state index is 0.0232. The van der Waals surface area contributed by atoms with Crippen molar-refractivity contribution in [1.82, 2.24) is 10.6 Å². The molecule has 0 aliphatic heterocycles. The molecule has 0 aliphatic carbocycles. The van der Waals surface area contributed by atoms with Gasteiger partial charge in [0.25, 0.3) is 5.91 Å². The van der Waals surface area contributed by atoms with Gasteiger partial charge in [-0.25, -0.2) is 0 Å². The number of para-hydroxylation sites is 1. The van der Waals surface area contributed by atoms with E-state index >= 15 is 0 Å². The highest BCUT2D eigenvalue weighted by atomic mass is 32.1. The number of carbonyl (C=O) groups excluding carboxylic acids is 2.